The molecule has 2 N–H and O–H groups in total. The maximum Gasteiger partial charge on any atom is 0.261 e. The SMILES string of the molecule is CCN(C)c1ccc2c3c(cccc13)C(=O)N(CCNCCCNCCN1C(=O)c3cccc4c(N5CCOCC5)ccc(c34)C1=O)C2=O. The van der Waals surface area contributed by atoms with Crippen molar-refractivity contribution in [3.63, 3.8) is 0 Å². The summed E-state index contributed by atoms with van der Waals surface area (Å²) < 4.78 is 5.51. The van der Waals surface area contributed by atoms with Gasteiger partial charge < -0.3 is 25.2 Å². The molecule has 0 bridgehead atoms. The van der Waals surface area contributed by atoms with E-state index >= 15 is 0 Å². The Labute approximate surface area is 285 Å². The molecule has 0 aromatic heterocycles. The monoisotopic (exact) mass is 662 g/mol. The van der Waals surface area contributed by atoms with Crippen molar-refractivity contribution in [3.05, 3.63) is 82.9 Å². The summed E-state index contributed by atoms with van der Waals surface area (Å²) in [6.07, 6.45) is 0.798. The number of imide groups is 2. The summed E-state index contributed by atoms with van der Waals surface area (Å²) >= 11 is 0. The Kier molecular flexibility index (Phi) is 9.31. The van der Waals surface area contributed by atoms with Gasteiger partial charge in [-0.25, -0.2) is 0 Å². The van der Waals surface area contributed by atoms with E-state index in [9.17, 15) is 19.2 Å². The van der Waals surface area contributed by atoms with E-state index in [0.29, 0.717) is 61.6 Å². The van der Waals surface area contributed by atoms with E-state index < -0.39 is 0 Å². The molecule has 0 spiro atoms. The molecule has 11 heteroatoms. The fourth-order valence-corrected chi connectivity index (χ4v) is 7.22. The third-order valence-electron chi connectivity index (χ3n) is 9.91. The zero-order chi connectivity index (χ0) is 34.1. The first-order chi connectivity index (χ1) is 23.9. The van der Waals surface area contributed by atoms with E-state index in [2.05, 4.69) is 27.4 Å². The van der Waals surface area contributed by atoms with E-state index in [1.807, 2.05) is 61.6 Å². The number of hydrogen-bond donors (Lipinski definition) is 2. The molecule has 3 aliphatic rings. The molecule has 4 amide bonds. The maximum absolute atomic E-state index is 13.5. The Balaban J connectivity index is 0.877. The summed E-state index contributed by atoms with van der Waals surface area (Å²) in [6.45, 7) is 8.62. The molecular formula is C38H42N6O5. The lowest BCUT2D eigenvalue weighted by Gasteiger charge is -2.32. The smallest absolute Gasteiger partial charge is 0.261 e. The van der Waals surface area contributed by atoms with Crippen LogP contribution in [0.4, 0.5) is 11.4 Å². The molecule has 0 aliphatic carbocycles. The van der Waals surface area contributed by atoms with Crippen LogP contribution < -0.4 is 20.4 Å². The van der Waals surface area contributed by atoms with Crippen molar-refractivity contribution in [2.75, 3.05) is 89.0 Å². The van der Waals surface area contributed by atoms with Gasteiger partial charge in [-0.2, -0.15) is 0 Å². The minimum Gasteiger partial charge on any atom is -0.378 e. The van der Waals surface area contributed by atoms with Crippen LogP contribution in [0.15, 0.2) is 60.7 Å². The summed E-state index contributed by atoms with van der Waals surface area (Å²) in [7, 11) is 2.00. The van der Waals surface area contributed by atoms with Crippen LogP contribution in [-0.4, -0.2) is 113 Å². The maximum atomic E-state index is 13.5. The van der Waals surface area contributed by atoms with E-state index in [4.69, 9.17) is 4.74 Å². The van der Waals surface area contributed by atoms with Crippen LogP contribution in [0.2, 0.25) is 0 Å². The number of morpholine rings is 1. The second-order valence-electron chi connectivity index (χ2n) is 12.7. The normalized spacial score (nSPS) is 16.0. The minimum atomic E-state index is -0.264. The first-order valence-electron chi connectivity index (χ1n) is 17.2. The molecular weight excluding hydrogens is 620 g/mol. The van der Waals surface area contributed by atoms with Crippen molar-refractivity contribution < 1.29 is 23.9 Å². The van der Waals surface area contributed by atoms with E-state index in [1.54, 1.807) is 6.07 Å². The van der Waals surface area contributed by atoms with Gasteiger partial charge in [0.15, 0.2) is 0 Å². The van der Waals surface area contributed by atoms with E-state index in [-0.39, 0.29) is 36.7 Å². The molecule has 0 unspecified atom stereocenters. The van der Waals surface area contributed by atoms with Crippen molar-refractivity contribution in [1.82, 2.24) is 20.4 Å². The van der Waals surface area contributed by atoms with Crippen LogP contribution >= 0.6 is 0 Å². The molecule has 3 aliphatic heterocycles. The highest BCUT2D eigenvalue weighted by Crippen LogP contribution is 2.37. The van der Waals surface area contributed by atoms with Gasteiger partial charge in [-0.1, -0.05) is 24.3 Å². The number of amides is 4. The lowest BCUT2D eigenvalue weighted by atomic mass is 9.92. The first kappa shape index (κ1) is 32.7. The predicted octanol–water partition coefficient (Wildman–Crippen LogP) is 3.75. The second kappa shape index (κ2) is 13.9. The highest BCUT2D eigenvalue weighted by molar-refractivity contribution is 6.28. The fraction of sp³-hybridized carbons (Fsp3) is 0.368. The minimum absolute atomic E-state index is 0.263. The van der Waals surface area contributed by atoms with Gasteiger partial charge in [-0.05, 0) is 62.8 Å². The van der Waals surface area contributed by atoms with Gasteiger partial charge in [0.05, 0.1) is 13.2 Å². The zero-order valence-electron chi connectivity index (χ0n) is 28.1. The van der Waals surface area contributed by atoms with Crippen LogP contribution in [0.3, 0.4) is 0 Å². The molecule has 3 heterocycles. The summed E-state index contributed by atoms with van der Waals surface area (Å²) in [5.41, 5.74) is 4.27. The number of nitrogens with one attached hydrogen (secondary N) is 2. The number of benzene rings is 4. The van der Waals surface area contributed by atoms with Gasteiger partial charge in [0.2, 0.25) is 0 Å². The van der Waals surface area contributed by atoms with Crippen LogP contribution in [0.1, 0.15) is 54.8 Å². The number of rotatable bonds is 13. The number of carbonyl (C=O) groups excluding carboxylic acids is 4. The Morgan fingerprint density at radius 3 is 1.73 bits per heavy atom. The number of carbonyl (C=O) groups is 4. The molecule has 1 saturated heterocycles. The number of ether oxygens (including phenoxy) is 1. The molecule has 11 nitrogen and oxygen atoms in total. The van der Waals surface area contributed by atoms with Crippen LogP contribution in [-0.2, 0) is 4.74 Å². The fourth-order valence-electron chi connectivity index (χ4n) is 7.22. The first-order valence-corrected chi connectivity index (χ1v) is 17.2. The van der Waals surface area contributed by atoms with Crippen molar-refractivity contribution in [3.8, 4) is 0 Å². The molecule has 0 atom stereocenters. The largest absolute Gasteiger partial charge is 0.378 e. The Morgan fingerprint density at radius 1 is 0.653 bits per heavy atom. The zero-order valence-corrected chi connectivity index (χ0v) is 28.1. The lowest BCUT2D eigenvalue weighted by Crippen LogP contribution is -2.44. The summed E-state index contributed by atoms with van der Waals surface area (Å²) in [5.74, 6) is -1.05. The van der Waals surface area contributed by atoms with Crippen molar-refractivity contribution in [2.45, 2.75) is 13.3 Å². The van der Waals surface area contributed by atoms with Crippen LogP contribution in [0.25, 0.3) is 21.5 Å². The van der Waals surface area contributed by atoms with Crippen molar-refractivity contribution in [1.29, 1.82) is 0 Å². The third kappa shape index (κ3) is 5.92. The summed E-state index contributed by atoms with van der Waals surface area (Å²) in [5, 5.41) is 9.99. The Morgan fingerprint density at radius 2 is 1.16 bits per heavy atom. The average molecular weight is 663 g/mol. The van der Waals surface area contributed by atoms with Gasteiger partial charge >= 0.3 is 0 Å². The number of nitrogens with zero attached hydrogens (tertiary/aromatic N) is 4. The third-order valence-corrected chi connectivity index (χ3v) is 9.91. The standard InChI is InChI=1S/C38H42N6O5/c1-3-41(2)31-13-11-29-33-25(31)7-4-9-27(33)35(45)43(37(29)47)19-17-39-15-6-16-40-18-20-44-36(46)28-10-5-8-26-32(42-21-23-49-24-22-42)14-12-30(34(26)28)38(44)48/h4-5,7-14,39-40H,3,6,15-24H2,1-2H3. The molecule has 0 saturated carbocycles. The van der Waals surface area contributed by atoms with Crippen LogP contribution in [0.5, 0.6) is 0 Å². The summed E-state index contributed by atoms with van der Waals surface area (Å²) in [4.78, 5) is 60.7. The average Bonchev–Trinajstić information content (AvgIpc) is 3.14. The quantitative estimate of drug-likeness (QED) is 0.163. The van der Waals surface area contributed by atoms with Crippen molar-refractivity contribution in [2.24, 2.45) is 0 Å². The predicted molar refractivity (Wildman–Crippen MR) is 191 cm³/mol. The summed E-state index contributed by atoms with van der Waals surface area (Å²) in [6, 6.07) is 19.0. The Hall–Kier alpha value is -4.84. The Bertz CT molecular complexity index is 1910. The molecule has 4 aromatic rings. The number of anilines is 2. The molecule has 7 rings (SSSR count). The molecule has 49 heavy (non-hydrogen) atoms. The van der Waals surface area contributed by atoms with Gasteiger partial charge in [-0.15, -0.1) is 0 Å². The highest BCUT2D eigenvalue weighted by atomic mass is 16.5. The topological polar surface area (TPSA) is 115 Å². The highest BCUT2D eigenvalue weighted by Gasteiger charge is 2.34. The number of hydrogen-bond acceptors (Lipinski definition) is 9. The van der Waals surface area contributed by atoms with Crippen molar-refractivity contribution >= 4 is 56.5 Å². The molecule has 4 aromatic carbocycles. The second-order valence-corrected chi connectivity index (χ2v) is 12.7. The van der Waals surface area contributed by atoms with Gasteiger partial charge in [0, 0.05) is 108 Å². The van der Waals surface area contributed by atoms with Gasteiger partial charge in [-0.3, -0.25) is 29.0 Å². The lowest BCUT2D eigenvalue weighted by molar-refractivity contribution is 0.0597. The van der Waals surface area contributed by atoms with E-state index in [1.165, 1.54) is 9.80 Å². The van der Waals surface area contributed by atoms with Gasteiger partial charge in [0.1, 0.15) is 0 Å². The van der Waals surface area contributed by atoms with E-state index in [0.717, 1.165) is 59.0 Å². The molecule has 254 valence electrons. The molecule has 0 radical (unpaired) electrons. The van der Waals surface area contributed by atoms with Crippen LogP contribution in [0, 0.1) is 0 Å². The van der Waals surface area contributed by atoms with Gasteiger partial charge in [0.25, 0.3) is 23.6 Å². The molecule has 1 fully saturated rings.